The van der Waals surface area contributed by atoms with E-state index in [1.807, 2.05) is 0 Å². The molecule has 5 heteroatoms. The molecule has 4 aliphatic rings. The Hall–Kier alpha value is -0.650. The minimum atomic E-state index is -0.836. The van der Waals surface area contributed by atoms with E-state index in [1.54, 1.807) is 0 Å². The number of carboxylic acids is 1. The number of carboxylic acid groups (broad SMARTS) is 1. The molecule has 4 saturated carbocycles. The Bertz CT molecular complexity index is 613. The summed E-state index contributed by atoms with van der Waals surface area (Å²) in [6.45, 7) is 6.15. The van der Waals surface area contributed by atoms with Crippen molar-refractivity contribution in [3.63, 3.8) is 0 Å². The second-order valence-electron chi connectivity index (χ2n) is 11.6. The number of carbonyl (C=O) groups is 1. The molecule has 0 aromatic carbocycles. The SMILES string of the molecule is CC12CCCCC1CCC1C2CC[C@]2(O)C(CCCCN)CCC12C.NCCC(=O)O. The summed E-state index contributed by atoms with van der Waals surface area (Å²) >= 11 is 0. The van der Waals surface area contributed by atoms with Gasteiger partial charge in [-0.3, -0.25) is 4.79 Å². The van der Waals surface area contributed by atoms with Crippen LogP contribution in [0.5, 0.6) is 0 Å². The van der Waals surface area contributed by atoms with Gasteiger partial charge in [-0.2, -0.15) is 0 Å². The van der Waals surface area contributed by atoms with Gasteiger partial charge in [0.2, 0.25) is 0 Å². The van der Waals surface area contributed by atoms with E-state index in [-0.39, 0.29) is 24.0 Å². The molecule has 0 bridgehead atoms. The van der Waals surface area contributed by atoms with Crippen LogP contribution in [0.1, 0.15) is 104 Å². The molecule has 0 aromatic rings. The monoisotopic (exact) mass is 436 g/mol. The molecule has 6 N–H and O–H groups in total. The van der Waals surface area contributed by atoms with Crippen LogP contribution in [0.15, 0.2) is 0 Å². The summed E-state index contributed by atoms with van der Waals surface area (Å²) in [6, 6.07) is 0. The lowest BCUT2D eigenvalue weighted by atomic mass is 9.43. The van der Waals surface area contributed by atoms with Crippen LogP contribution in [0.3, 0.4) is 0 Å². The van der Waals surface area contributed by atoms with E-state index in [9.17, 15) is 9.90 Å². The highest BCUT2D eigenvalue weighted by Gasteiger charge is 2.66. The summed E-state index contributed by atoms with van der Waals surface area (Å²) in [7, 11) is 0. The Balaban J connectivity index is 0.000000401. The topological polar surface area (TPSA) is 110 Å². The third kappa shape index (κ3) is 4.56. The molecule has 4 aliphatic carbocycles. The molecule has 0 saturated heterocycles. The molecular formula is C26H48N2O3. The Kier molecular flexibility index (Phi) is 8.13. The van der Waals surface area contributed by atoms with Crippen LogP contribution >= 0.6 is 0 Å². The number of fused-ring (bicyclic) bond motifs is 5. The zero-order valence-electron chi connectivity index (χ0n) is 20.1. The van der Waals surface area contributed by atoms with Crippen molar-refractivity contribution in [2.45, 2.75) is 109 Å². The standard InChI is InChI=1S/C23H41NO.C3H7NO2/c1-21-13-5-3-7-17(21)9-10-20-19(21)12-15-23(25)18(8-4-6-16-24)11-14-22(20,23)2;4-2-1-3(5)6/h17-20,25H,3-16,24H2,1-2H3;1-2,4H2,(H,5,6)/t17?,18?,19?,20?,21?,22?,23-;/m0./s1. The van der Waals surface area contributed by atoms with Gasteiger partial charge >= 0.3 is 5.97 Å². The van der Waals surface area contributed by atoms with Gasteiger partial charge in [0.15, 0.2) is 0 Å². The van der Waals surface area contributed by atoms with E-state index in [4.69, 9.17) is 16.6 Å². The third-order valence-electron chi connectivity index (χ3n) is 10.3. The van der Waals surface area contributed by atoms with Crippen molar-refractivity contribution < 1.29 is 15.0 Å². The molecule has 180 valence electrons. The van der Waals surface area contributed by atoms with Gasteiger partial charge in [-0.05, 0) is 105 Å². The van der Waals surface area contributed by atoms with Gasteiger partial charge < -0.3 is 21.7 Å². The first-order chi connectivity index (χ1) is 14.7. The predicted molar refractivity (Wildman–Crippen MR) is 126 cm³/mol. The van der Waals surface area contributed by atoms with E-state index in [0.29, 0.717) is 11.3 Å². The number of rotatable bonds is 6. The fourth-order valence-corrected chi connectivity index (χ4v) is 8.54. The van der Waals surface area contributed by atoms with E-state index in [2.05, 4.69) is 13.8 Å². The lowest BCUT2D eigenvalue weighted by molar-refractivity contribution is -0.199. The first-order valence-electron chi connectivity index (χ1n) is 13.1. The smallest absolute Gasteiger partial charge is 0.304 e. The molecule has 4 rings (SSSR count). The summed E-state index contributed by atoms with van der Waals surface area (Å²) in [5, 5.41) is 19.8. The first-order valence-corrected chi connectivity index (χ1v) is 13.1. The van der Waals surface area contributed by atoms with Crippen molar-refractivity contribution in [1.82, 2.24) is 0 Å². The van der Waals surface area contributed by atoms with Crippen molar-refractivity contribution in [2.24, 2.45) is 46.0 Å². The van der Waals surface area contributed by atoms with Crippen molar-refractivity contribution in [3.8, 4) is 0 Å². The maximum atomic E-state index is 11.9. The highest BCUT2D eigenvalue weighted by atomic mass is 16.4. The summed E-state index contributed by atoms with van der Waals surface area (Å²) in [5.74, 6) is 2.31. The van der Waals surface area contributed by atoms with Gasteiger partial charge in [-0.25, -0.2) is 0 Å². The Morgan fingerprint density at radius 3 is 2.32 bits per heavy atom. The minimum absolute atomic E-state index is 0.0694. The molecule has 4 fully saturated rings. The van der Waals surface area contributed by atoms with E-state index < -0.39 is 5.97 Å². The predicted octanol–water partition coefficient (Wildman–Crippen LogP) is 4.70. The molecule has 0 radical (unpaired) electrons. The van der Waals surface area contributed by atoms with Crippen LogP contribution in [0.25, 0.3) is 0 Å². The second-order valence-corrected chi connectivity index (χ2v) is 11.6. The number of hydrogen-bond donors (Lipinski definition) is 4. The number of hydrogen-bond acceptors (Lipinski definition) is 4. The molecule has 7 atom stereocenters. The zero-order chi connectivity index (χ0) is 22.7. The van der Waals surface area contributed by atoms with Crippen molar-refractivity contribution >= 4 is 5.97 Å². The van der Waals surface area contributed by atoms with Gasteiger partial charge in [0.1, 0.15) is 0 Å². The van der Waals surface area contributed by atoms with Crippen LogP contribution in [0, 0.1) is 34.5 Å². The van der Waals surface area contributed by atoms with Crippen LogP contribution in [-0.2, 0) is 4.79 Å². The highest BCUT2D eigenvalue weighted by molar-refractivity contribution is 5.66. The lowest BCUT2D eigenvalue weighted by Gasteiger charge is -2.63. The summed E-state index contributed by atoms with van der Waals surface area (Å²) in [6.07, 6.45) is 17.1. The van der Waals surface area contributed by atoms with E-state index in [1.165, 1.54) is 70.6 Å². The molecule has 5 nitrogen and oxygen atoms in total. The molecule has 0 amide bonds. The normalized spacial score (nSPS) is 43.8. The van der Waals surface area contributed by atoms with Crippen molar-refractivity contribution in [1.29, 1.82) is 0 Å². The van der Waals surface area contributed by atoms with Gasteiger partial charge in [0.05, 0.1) is 12.0 Å². The lowest BCUT2D eigenvalue weighted by Crippen LogP contribution is -2.61. The second kappa shape index (κ2) is 10.1. The Morgan fingerprint density at radius 2 is 1.68 bits per heavy atom. The van der Waals surface area contributed by atoms with Crippen LogP contribution in [0.4, 0.5) is 0 Å². The van der Waals surface area contributed by atoms with Gasteiger partial charge in [0, 0.05) is 6.54 Å². The van der Waals surface area contributed by atoms with E-state index in [0.717, 1.165) is 37.1 Å². The number of aliphatic hydroxyl groups is 1. The molecule has 0 aliphatic heterocycles. The van der Waals surface area contributed by atoms with Gasteiger partial charge in [0.25, 0.3) is 0 Å². The molecular weight excluding hydrogens is 388 g/mol. The summed E-state index contributed by atoms with van der Waals surface area (Å²) in [4.78, 5) is 9.52. The maximum Gasteiger partial charge on any atom is 0.304 e. The molecule has 0 heterocycles. The fraction of sp³-hybridized carbons (Fsp3) is 0.962. The third-order valence-corrected chi connectivity index (χ3v) is 10.3. The van der Waals surface area contributed by atoms with Crippen LogP contribution < -0.4 is 11.5 Å². The number of unbranched alkanes of at least 4 members (excludes halogenated alkanes) is 1. The van der Waals surface area contributed by atoms with Crippen LogP contribution in [0.2, 0.25) is 0 Å². The van der Waals surface area contributed by atoms with Crippen LogP contribution in [-0.4, -0.2) is 34.9 Å². The average Bonchev–Trinajstić information content (AvgIpc) is 2.99. The Morgan fingerprint density at radius 1 is 0.903 bits per heavy atom. The highest BCUT2D eigenvalue weighted by Crippen LogP contribution is 2.69. The maximum absolute atomic E-state index is 11.9. The van der Waals surface area contributed by atoms with Crippen molar-refractivity contribution in [2.75, 3.05) is 13.1 Å². The summed E-state index contributed by atoms with van der Waals surface area (Å²) < 4.78 is 0. The minimum Gasteiger partial charge on any atom is -0.481 e. The van der Waals surface area contributed by atoms with E-state index >= 15 is 0 Å². The molecule has 0 aromatic heterocycles. The summed E-state index contributed by atoms with van der Waals surface area (Å²) in [5.41, 5.74) is 10.9. The Labute approximate surface area is 189 Å². The largest absolute Gasteiger partial charge is 0.481 e. The average molecular weight is 437 g/mol. The van der Waals surface area contributed by atoms with Crippen molar-refractivity contribution in [3.05, 3.63) is 0 Å². The van der Waals surface area contributed by atoms with Gasteiger partial charge in [-0.1, -0.05) is 33.1 Å². The molecule has 0 spiro atoms. The first kappa shape index (κ1) is 25.0. The molecule has 6 unspecified atom stereocenters. The zero-order valence-corrected chi connectivity index (χ0v) is 20.1. The van der Waals surface area contributed by atoms with Gasteiger partial charge in [-0.15, -0.1) is 0 Å². The number of nitrogens with two attached hydrogens (primary N) is 2. The molecule has 31 heavy (non-hydrogen) atoms. The number of aliphatic carboxylic acids is 1. The fourth-order valence-electron chi connectivity index (χ4n) is 8.54. The quantitative estimate of drug-likeness (QED) is 0.451.